The maximum absolute atomic E-state index is 5.69. The minimum Gasteiger partial charge on any atom is -0.330 e. The highest BCUT2D eigenvalue weighted by molar-refractivity contribution is 4.73. The van der Waals surface area contributed by atoms with Crippen LogP contribution in [0.15, 0.2) is 0 Å². The van der Waals surface area contributed by atoms with E-state index in [1.54, 1.807) is 0 Å². The average Bonchev–Trinajstić information content (AvgIpc) is 2.26. The summed E-state index contributed by atoms with van der Waals surface area (Å²) in [5, 5.41) is 0. The van der Waals surface area contributed by atoms with E-state index in [9.17, 15) is 0 Å². The highest BCUT2D eigenvalue weighted by Crippen LogP contribution is 2.32. The van der Waals surface area contributed by atoms with Crippen molar-refractivity contribution in [3.05, 3.63) is 0 Å². The highest BCUT2D eigenvalue weighted by Gasteiger charge is 2.20. The van der Waals surface area contributed by atoms with Crippen LogP contribution in [0.25, 0.3) is 0 Å². The Labute approximate surface area is 89.5 Å². The molecule has 1 unspecified atom stereocenters. The van der Waals surface area contributed by atoms with Gasteiger partial charge in [0.15, 0.2) is 0 Å². The minimum atomic E-state index is 0.842. The summed E-state index contributed by atoms with van der Waals surface area (Å²) in [5.41, 5.74) is 5.69. The second-order valence-corrected chi connectivity index (χ2v) is 5.21. The molecule has 1 fully saturated rings. The summed E-state index contributed by atoms with van der Waals surface area (Å²) in [4.78, 5) is 0. The molecular weight excluding hydrogens is 170 g/mol. The molecule has 1 heteroatoms. The monoisotopic (exact) mass is 197 g/mol. The van der Waals surface area contributed by atoms with Crippen LogP contribution in [0.4, 0.5) is 0 Å². The Morgan fingerprint density at radius 3 is 2.21 bits per heavy atom. The molecule has 2 N–H and O–H groups in total. The van der Waals surface area contributed by atoms with E-state index in [-0.39, 0.29) is 0 Å². The molecule has 14 heavy (non-hydrogen) atoms. The standard InChI is InChI=1S/C13H27N/c1-3-11(2)4-5-12-6-8-13(10-14)9-7-12/h11-13H,3-10,14H2,1-2H3/t11?,12-,13-. The Bertz CT molecular complexity index is 136. The summed E-state index contributed by atoms with van der Waals surface area (Å²) < 4.78 is 0. The molecule has 1 atom stereocenters. The van der Waals surface area contributed by atoms with Gasteiger partial charge in [-0.25, -0.2) is 0 Å². The molecule has 0 amide bonds. The van der Waals surface area contributed by atoms with E-state index < -0.39 is 0 Å². The van der Waals surface area contributed by atoms with Gasteiger partial charge in [0, 0.05) is 0 Å². The first-order valence-corrected chi connectivity index (χ1v) is 6.46. The molecule has 1 aliphatic rings. The van der Waals surface area contributed by atoms with Crippen molar-refractivity contribution in [3.63, 3.8) is 0 Å². The fourth-order valence-corrected chi connectivity index (χ4v) is 2.48. The van der Waals surface area contributed by atoms with Gasteiger partial charge in [-0.3, -0.25) is 0 Å². The van der Waals surface area contributed by atoms with E-state index in [4.69, 9.17) is 5.73 Å². The fraction of sp³-hybridized carbons (Fsp3) is 1.00. The van der Waals surface area contributed by atoms with Crippen LogP contribution in [0.3, 0.4) is 0 Å². The Morgan fingerprint density at radius 2 is 1.71 bits per heavy atom. The van der Waals surface area contributed by atoms with Gasteiger partial charge in [0.1, 0.15) is 0 Å². The van der Waals surface area contributed by atoms with Gasteiger partial charge in [0.25, 0.3) is 0 Å². The molecule has 0 aromatic heterocycles. The van der Waals surface area contributed by atoms with E-state index in [1.165, 1.54) is 44.9 Å². The van der Waals surface area contributed by atoms with Crippen LogP contribution in [-0.4, -0.2) is 6.54 Å². The summed E-state index contributed by atoms with van der Waals surface area (Å²) in [5.74, 6) is 2.80. The topological polar surface area (TPSA) is 26.0 Å². The first-order valence-electron chi connectivity index (χ1n) is 6.46. The quantitative estimate of drug-likeness (QED) is 0.716. The number of hydrogen-bond donors (Lipinski definition) is 1. The average molecular weight is 197 g/mol. The third kappa shape index (κ3) is 4.00. The summed E-state index contributed by atoms with van der Waals surface area (Å²) in [6.07, 6.45) is 9.92. The largest absolute Gasteiger partial charge is 0.330 e. The van der Waals surface area contributed by atoms with Crippen molar-refractivity contribution in [2.75, 3.05) is 6.54 Å². The molecule has 0 heterocycles. The van der Waals surface area contributed by atoms with Gasteiger partial charge in [-0.1, -0.05) is 46.0 Å². The first kappa shape index (κ1) is 12.0. The first-order chi connectivity index (χ1) is 6.76. The van der Waals surface area contributed by atoms with Crippen molar-refractivity contribution >= 4 is 0 Å². The lowest BCUT2D eigenvalue weighted by atomic mass is 9.79. The molecule has 0 spiro atoms. The van der Waals surface area contributed by atoms with Crippen molar-refractivity contribution in [1.29, 1.82) is 0 Å². The normalized spacial score (nSPS) is 30.2. The van der Waals surface area contributed by atoms with E-state index in [0.29, 0.717) is 0 Å². The SMILES string of the molecule is CCC(C)CC[C@H]1CC[C@H](CN)CC1. The molecule has 0 aromatic rings. The van der Waals surface area contributed by atoms with Crippen LogP contribution in [-0.2, 0) is 0 Å². The highest BCUT2D eigenvalue weighted by atomic mass is 14.5. The van der Waals surface area contributed by atoms with Crippen molar-refractivity contribution in [3.8, 4) is 0 Å². The summed E-state index contributed by atoms with van der Waals surface area (Å²) in [7, 11) is 0. The Morgan fingerprint density at radius 1 is 1.14 bits per heavy atom. The second-order valence-electron chi connectivity index (χ2n) is 5.21. The lowest BCUT2D eigenvalue weighted by Gasteiger charge is -2.28. The van der Waals surface area contributed by atoms with E-state index in [2.05, 4.69) is 13.8 Å². The molecule has 84 valence electrons. The molecule has 0 radical (unpaired) electrons. The van der Waals surface area contributed by atoms with E-state index in [1.807, 2.05) is 0 Å². The summed E-state index contributed by atoms with van der Waals surface area (Å²) in [6, 6.07) is 0. The smallest absolute Gasteiger partial charge is 0.00489 e. The van der Waals surface area contributed by atoms with Crippen molar-refractivity contribution in [1.82, 2.24) is 0 Å². The van der Waals surface area contributed by atoms with Crippen LogP contribution in [0.2, 0.25) is 0 Å². The Kier molecular flexibility index (Phi) is 5.54. The zero-order chi connectivity index (χ0) is 10.4. The number of hydrogen-bond acceptors (Lipinski definition) is 1. The molecule has 1 rings (SSSR count). The lowest BCUT2D eigenvalue weighted by molar-refractivity contribution is 0.254. The van der Waals surface area contributed by atoms with E-state index in [0.717, 1.165) is 24.3 Å². The Hall–Kier alpha value is -0.0400. The summed E-state index contributed by atoms with van der Waals surface area (Å²) in [6.45, 7) is 5.60. The van der Waals surface area contributed by atoms with Crippen molar-refractivity contribution < 1.29 is 0 Å². The number of nitrogens with two attached hydrogens (primary N) is 1. The second kappa shape index (κ2) is 6.44. The minimum absolute atomic E-state index is 0.842. The maximum Gasteiger partial charge on any atom is -0.00489 e. The summed E-state index contributed by atoms with van der Waals surface area (Å²) >= 11 is 0. The molecule has 0 bridgehead atoms. The van der Waals surface area contributed by atoms with Crippen molar-refractivity contribution in [2.45, 2.75) is 58.8 Å². The zero-order valence-electron chi connectivity index (χ0n) is 9.97. The lowest BCUT2D eigenvalue weighted by Crippen LogP contribution is -2.21. The molecule has 0 aromatic carbocycles. The third-order valence-electron chi connectivity index (χ3n) is 4.06. The molecule has 1 aliphatic carbocycles. The van der Waals surface area contributed by atoms with Crippen LogP contribution in [0.1, 0.15) is 58.8 Å². The van der Waals surface area contributed by atoms with E-state index >= 15 is 0 Å². The van der Waals surface area contributed by atoms with Gasteiger partial charge in [0.05, 0.1) is 0 Å². The van der Waals surface area contributed by atoms with Crippen LogP contribution in [0, 0.1) is 17.8 Å². The molecule has 0 saturated heterocycles. The van der Waals surface area contributed by atoms with Gasteiger partial charge in [0.2, 0.25) is 0 Å². The predicted molar refractivity (Wildman–Crippen MR) is 63.2 cm³/mol. The third-order valence-corrected chi connectivity index (χ3v) is 4.06. The number of rotatable bonds is 5. The molecular formula is C13H27N. The van der Waals surface area contributed by atoms with Gasteiger partial charge >= 0.3 is 0 Å². The molecule has 1 nitrogen and oxygen atoms in total. The van der Waals surface area contributed by atoms with Gasteiger partial charge in [-0.05, 0) is 37.1 Å². The Balaban J connectivity index is 2.10. The predicted octanol–water partition coefficient (Wildman–Crippen LogP) is 3.58. The zero-order valence-corrected chi connectivity index (χ0v) is 9.97. The molecule has 0 aliphatic heterocycles. The van der Waals surface area contributed by atoms with Crippen LogP contribution >= 0.6 is 0 Å². The van der Waals surface area contributed by atoms with Crippen LogP contribution < -0.4 is 5.73 Å². The van der Waals surface area contributed by atoms with Gasteiger partial charge in [-0.15, -0.1) is 0 Å². The van der Waals surface area contributed by atoms with Crippen molar-refractivity contribution in [2.24, 2.45) is 23.5 Å². The molecule has 1 saturated carbocycles. The maximum atomic E-state index is 5.69. The van der Waals surface area contributed by atoms with Crippen LogP contribution in [0.5, 0.6) is 0 Å². The van der Waals surface area contributed by atoms with Gasteiger partial charge in [-0.2, -0.15) is 0 Å². The fourth-order valence-electron chi connectivity index (χ4n) is 2.48. The van der Waals surface area contributed by atoms with Gasteiger partial charge < -0.3 is 5.73 Å².